The summed E-state index contributed by atoms with van der Waals surface area (Å²) in [6, 6.07) is 3.91. The summed E-state index contributed by atoms with van der Waals surface area (Å²) in [6.45, 7) is 7.39. The first kappa shape index (κ1) is 15.2. The maximum atomic E-state index is 11.8. The van der Waals surface area contributed by atoms with Crippen molar-refractivity contribution in [3.63, 3.8) is 0 Å². The van der Waals surface area contributed by atoms with Crippen molar-refractivity contribution in [3.8, 4) is 12.1 Å². The first-order valence-electron chi connectivity index (χ1n) is 5.71. The van der Waals surface area contributed by atoms with Gasteiger partial charge in [0.25, 0.3) is 0 Å². The molecule has 0 fully saturated rings. The van der Waals surface area contributed by atoms with Crippen LogP contribution < -0.4 is 0 Å². The number of ether oxygens (including phenoxy) is 1. The van der Waals surface area contributed by atoms with Crippen molar-refractivity contribution < 1.29 is 9.53 Å². The zero-order valence-electron chi connectivity index (χ0n) is 10.4. The van der Waals surface area contributed by atoms with Gasteiger partial charge in [0.1, 0.15) is 0 Å². The predicted molar refractivity (Wildman–Crippen MR) is 63.5 cm³/mol. The summed E-state index contributed by atoms with van der Waals surface area (Å²) in [7, 11) is 0. The molecule has 0 amide bonds. The number of nitrogens with zero attached hydrogens (tertiary/aromatic N) is 2. The Morgan fingerprint density at radius 3 is 2.41 bits per heavy atom. The van der Waals surface area contributed by atoms with E-state index >= 15 is 0 Å². The van der Waals surface area contributed by atoms with E-state index < -0.39 is 17.3 Å². The largest absolute Gasteiger partial charge is 0.466 e. The third-order valence-electron chi connectivity index (χ3n) is 2.61. The molecule has 1 atom stereocenters. The molecule has 0 aromatic heterocycles. The molecule has 0 rings (SSSR count). The van der Waals surface area contributed by atoms with E-state index in [4.69, 9.17) is 4.74 Å². The number of rotatable bonds is 7. The highest BCUT2D eigenvalue weighted by molar-refractivity contribution is 5.75. The lowest BCUT2D eigenvalue weighted by molar-refractivity contribution is -0.150. The zero-order chi connectivity index (χ0) is 13.3. The molecule has 1 unspecified atom stereocenters. The molecule has 0 aromatic carbocycles. The lowest BCUT2D eigenvalue weighted by atomic mass is 9.73. The van der Waals surface area contributed by atoms with Gasteiger partial charge in [0.05, 0.1) is 24.7 Å². The fourth-order valence-corrected chi connectivity index (χ4v) is 1.74. The molecule has 0 spiro atoms. The van der Waals surface area contributed by atoms with Crippen LogP contribution in [0, 0.1) is 34.0 Å². The van der Waals surface area contributed by atoms with Gasteiger partial charge >= 0.3 is 5.97 Å². The van der Waals surface area contributed by atoms with Crippen LogP contribution in [0.1, 0.15) is 33.1 Å². The minimum atomic E-state index is -1.36. The number of carbonyl (C=O) groups excluding carboxylic acids is 1. The van der Waals surface area contributed by atoms with E-state index in [9.17, 15) is 15.3 Å². The summed E-state index contributed by atoms with van der Waals surface area (Å²) in [5.74, 6) is -1.18. The molecule has 0 heterocycles. The first-order valence-corrected chi connectivity index (χ1v) is 5.71. The summed E-state index contributed by atoms with van der Waals surface area (Å²) in [6.07, 6.45) is 2.84. The lowest BCUT2D eigenvalue weighted by Crippen LogP contribution is -2.34. The maximum Gasteiger partial charge on any atom is 0.311 e. The van der Waals surface area contributed by atoms with Gasteiger partial charge in [-0.15, -0.1) is 6.58 Å². The minimum absolute atomic E-state index is 0.170. The second-order valence-electron chi connectivity index (χ2n) is 3.78. The summed E-state index contributed by atoms with van der Waals surface area (Å²) < 4.78 is 4.94. The van der Waals surface area contributed by atoms with Crippen LogP contribution in [0.2, 0.25) is 0 Å². The van der Waals surface area contributed by atoms with Gasteiger partial charge in [0.15, 0.2) is 5.41 Å². The molecule has 0 saturated carbocycles. The molecule has 0 bridgehead atoms. The lowest BCUT2D eigenvalue weighted by Gasteiger charge is -2.26. The fraction of sp³-hybridized carbons (Fsp3) is 0.615. The van der Waals surface area contributed by atoms with Crippen molar-refractivity contribution in [1.29, 1.82) is 10.5 Å². The molecule has 17 heavy (non-hydrogen) atoms. The van der Waals surface area contributed by atoms with Crippen LogP contribution in [0.5, 0.6) is 0 Å². The maximum absolute atomic E-state index is 11.8. The van der Waals surface area contributed by atoms with Crippen LogP contribution >= 0.6 is 0 Å². The average molecular weight is 234 g/mol. The Morgan fingerprint density at radius 2 is 2.06 bits per heavy atom. The molecular weight excluding hydrogens is 216 g/mol. The molecule has 0 aliphatic carbocycles. The Hall–Kier alpha value is -1.81. The van der Waals surface area contributed by atoms with Crippen molar-refractivity contribution in [1.82, 2.24) is 0 Å². The molecule has 0 N–H and O–H groups in total. The SMILES string of the molecule is C=CCC(C#N)(C#N)C(CCC)C(=O)OCC. The van der Waals surface area contributed by atoms with Gasteiger partial charge in [-0.05, 0) is 19.8 Å². The van der Waals surface area contributed by atoms with Crippen molar-refractivity contribution in [2.24, 2.45) is 11.3 Å². The number of carbonyl (C=O) groups is 1. The molecule has 4 heteroatoms. The van der Waals surface area contributed by atoms with E-state index in [1.54, 1.807) is 6.92 Å². The van der Waals surface area contributed by atoms with Gasteiger partial charge in [-0.3, -0.25) is 4.79 Å². The smallest absolute Gasteiger partial charge is 0.311 e. The third-order valence-corrected chi connectivity index (χ3v) is 2.61. The van der Waals surface area contributed by atoms with Crippen molar-refractivity contribution in [3.05, 3.63) is 12.7 Å². The van der Waals surface area contributed by atoms with Crippen LogP contribution in [-0.4, -0.2) is 12.6 Å². The molecule has 0 aliphatic rings. The number of hydrogen-bond donors (Lipinski definition) is 0. The quantitative estimate of drug-likeness (QED) is 0.501. The Kier molecular flexibility index (Phi) is 6.67. The Morgan fingerprint density at radius 1 is 1.47 bits per heavy atom. The number of allylic oxidation sites excluding steroid dienone is 1. The van der Waals surface area contributed by atoms with E-state index in [2.05, 4.69) is 6.58 Å². The van der Waals surface area contributed by atoms with Gasteiger partial charge in [0.2, 0.25) is 0 Å². The van der Waals surface area contributed by atoms with Gasteiger partial charge in [-0.1, -0.05) is 19.4 Å². The van der Waals surface area contributed by atoms with Crippen molar-refractivity contribution in [2.75, 3.05) is 6.61 Å². The molecule has 0 radical (unpaired) electrons. The summed E-state index contributed by atoms with van der Waals surface area (Å²) in [5.41, 5.74) is -1.36. The summed E-state index contributed by atoms with van der Waals surface area (Å²) in [4.78, 5) is 11.8. The predicted octanol–water partition coefficient (Wildman–Crippen LogP) is 2.58. The molecule has 4 nitrogen and oxygen atoms in total. The van der Waals surface area contributed by atoms with Crippen LogP contribution in [0.4, 0.5) is 0 Å². The molecular formula is C13H18N2O2. The zero-order valence-corrected chi connectivity index (χ0v) is 10.4. The number of hydrogen-bond acceptors (Lipinski definition) is 4. The van der Waals surface area contributed by atoms with E-state index in [0.717, 1.165) is 0 Å². The highest BCUT2D eigenvalue weighted by Gasteiger charge is 2.43. The van der Waals surface area contributed by atoms with Gasteiger partial charge < -0.3 is 4.74 Å². The Balaban J connectivity index is 5.25. The Labute approximate surface area is 102 Å². The highest BCUT2D eigenvalue weighted by atomic mass is 16.5. The number of nitriles is 2. The highest BCUT2D eigenvalue weighted by Crippen LogP contribution is 2.35. The van der Waals surface area contributed by atoms with Gasteiger partial charge in [-0.25, -0.2) is 0 Å². The van der Waals surface area contributed by atoms with E-state index in [1.807, 2.05) is 19.1 Å². The van der Waals surface area contributed by atoms with Crippen molar-refractivity contribution in [2.45, 2.75) is 33.1 Å². The average Bonchev–Trinajstić information content (AvgIpc) is 2.34. The van der Waals surface area contributed by atoms with Crippen LogP contribution in [0.15, 0.2) is 12.7 Å². The second-order valence-corrected chi connectivity index (χ2v) is 3.78. The summed E-state index contributed by atoms with van der Waals surface area (Å²) in [5, 5.41) is 18.4. The second kappa shape index (κ2) is 7.46. The Bertz CT molecular complexity index is 335. The standard InChI is InChI=1S/C13H18N2O2/c1-4-7-11(12(16)17-6-3)13(9-14,10-15)8-5-2/h5,11H,2,4,6-8H2,1,3H3. The molecule has 0 aliphatic heterocycles. The third kappa shape index (κ3) is 3.60. The van der Waals surface area contributed by atoms with E-state index in [1.165, 1.54) is 6.08 Å². The first-order chi connectivity index (χ1) is 8.11. The topological polar surface area (TPSA) is 73.9 Å². The number of esters is 1. The summed E-state index contributed by atoms with van der Waals surface area (Å²) >= 11 is 0. The monoisotopic (exact) mass is 234 g/mol. The normalized spacial score (nSPS) is 12.0. The van der Waals surface area contributed by atoms with E-state index in [0.29, 0.717) is 12.8 Å². The van der Waals surface area contributed by atoms with Crippen LogP contribution in [0.25, 0.3) is 0 Å². The van der Waals surface area contributed by atoms with Gasteiger partial charge in [0, 0.05) is 0 Å². The van der Waals surface area contributed by atoms with Crippen molar-refractivity contribution >= 4 is 5.97 Å². The van der Waals surface area contributed by atoms with Gasteiger partial charge in [-0.2, -0.15) is 10.5 Å². The minimum Gasteiger partial charge on any atom is -0.466 e. The molecule has 92 valence electrons. The molecule has 0 aromatic rings. The van der Waals surface area contributed by atoms with Crippen LogP contribution in [-0.2, 0) is 9.53 Å². The molecule has 0 saturated heterocycles. The fourth-order valence-electron chi connectivity index (χ4n) is 1.74. The van der Waals surface area contributed by atoms with E-state index in [-0.39, 0.29) is 13.0 Å². The van der Waals surface area contributed by atoms with Crippen LogP contribution in [0.3, 0.4) is 0 Å².